The van der Waals surface area contributed by atoms with E-state index in [4.69, 9.17) is 4.99 Å². The molecule has 2 rings (SSSR count). The van der Waals surface area contributed by atoms with E-state index in [1.807, 2.05) is 0 Å². The number of thiazole rings is 1. The molecule has 0 bridgehead atoms. The molecule has 148 valence electrons. The smallest absolute Gasteiger partial charge is 0.191 e. The largest absolute Gasteiger partial charge is 0.396 e. The summed E-state index contributed by atoms with van der Waals surface area (Å²) in [5, 5.41) is 19.7. The number of aliphatic hydroxyl groups excluding tert-OH is 1. The summed E-state index contributed by atoms with van der Waals surface area (Å²) in [6.45, 7) is 7.06. The van der Waals surface area contributed by atoms with Crippen LogP contribution in [0.1, 0.15) is 69.0 Å². The van der Waals surface area contributed by atoms with Crippen molar-refractivity contribution in [1.29, 1.82) is 0 Å². The number of unbranched alkanes of at least 4 members (excludes halogenated alkanes) is 1. The van der Waals surface area contributed by atoms with Gasteiger partial charge in [-0.25, -0.2) is 4.98 Å². The maximum absolute atomic E-state index is 9.46. The first-order valence-corrected chi connectivity index (χ1v) is 11.1. The lowest BCUT2D eigenvalue weighted by atomic mass is 9.72. The fourth-order valence-corrected chi connectivity index (χ4v) is 4.56. The van der Waals surface area contributed by atoms with Gasteiger partial charge < -0.3 is 15.7 Å². The van der Waals surface area contributed by atoms with E-state index in [1.165, 1.54) is 37.1 Å². The minimum Gasteiger partial charge on any atom is -0.396 e. The van der Waals surface area contributed by atoms with Gasteiger partial charge in [-0.2, -0.15) is 0 Å². The summed E-state index contributed by atoms with van der Waals surface area (Å²) in [5.74, 6) is 0.917. The number of hydrogen-bond donors (Lipinski definition) is 3. The average Bonchev–Trinajstić information content (AvgIpc) is 3.05. The van der Waals surface area contributed by atoms with Crippen molar-refractivity contribution in [2.75, 3.05) is 26.2 Å². The Morgan fingerprint density at radius 3 is 2.73 bits per heavy atom. The predicted molar refractivity (Wildman–Crippen MR) is 111 cm³/mol. The number of aliphatic hydroxyl groups is 1. The van der Waals surface area contributed by atoms with Gasteiger partial charge in [0.2, 0.25) is 0 Å². The second kappa shape index (κ2) is 11.5. The molecule has 1 aliphatic rings. The molecule has 0 aliphatic heterocycles. The van der Waals surface area contributed by atoms with Gasteiger partial charge in [-0.3, -0.25) is 4.99 Å². The quantitative estimate of drug-likeness (QED) is 0.329. The van der Waals surface area contributed by atoms with Gasteiger partial charge in [0, 0.05) is 37.3 Å². The molecular formula is C20H36N4OS. The molecule has 0 aromatic carbocycles. The van der Waals surface area contributed by atoms with Gasteiger partial charge in [-0.1, -0.05) is 19.3 Å². The molecule has 1 aliphatic carbocycles. The summed E-state index contributed by atoms with van der Waals surface area (Å²) in [5.41, 5.74) is 1.34. The second-order valence-corrected chi connectivity index (χ2v) is 8.44. The number of nitrogens with zero attached hydrogens (tertiary/aromatic N) is 2. The van der Waals surface area contributed by atoms with Crippen LogP contribution in [0.15, 0.2) is 10.4 Å². The first-order chi connectivity index (χ1) is 12.7. The number of nitrogens with one attached hydrogen (secondary N) is 2. The zero-order chi connectivity index (χ0) is 18.7. The van der Waals surface area contributed by atoms with E-state index in [1.54, 1.807) is 11.3 Å². The molecule has 1 aromatic rings. The summed E-state index contributed by atoms with van der Waals surface area (Å²) in [4.78, 5) is 9.38. The average molecular weight is 381 g/mol. The SMILES string of the molecule is CCNC(=NCC1(CCO)CCCCC1)NCCCCc1nc(C)cs1. The van der Waals surface area contributed by atoms with Crippen molar-refractivity contribution >= 4 is 17.3 Å². The molecule has 26 heavy (non-hydrogen) atoms. The highest BCUT2D eigenvalue weighted by molar-refractivity contribution is 7.09. The number of hydrogen-bond acceptors (Lipinski definition) is 4. The molecule has 1 heterocycles. The third-order valence-corrected chi connectivity index (χ3v) is 6.28. The Hall–Kier alpha value is -1.14. The lowest BCUT2D eigenvalue weighted by Crippen LogP contribution is -2.39. The van der Waals surface area contributed by atoms with Crippen LogP contribution < -0.4 is 10.6 Å². The van der Waals surface area contributed by atoms with Crippen molar-refractivity contribution in [3.8, 4) is 0 Å². The summed E-state index contributed by atoms with van der Waals surface area (Å²) < 4.78 is 0. The normalized spacial score (nSPS) is 17.3. The molecule has 1 aromatic heterocycles. The maximum Gasteiger partial charge on any atom is 0.191 e. The van der Waals surface area contributed by atoms with E-state index < -0.39 is 0 Å². The van der Waals surface area contributed by atoms with Gasteiger partial charge in [-0.05, 0) is 57.8 Å². The second-order valence-electron chi connectivity index (χ2n) is 7.50. The molecule has 1 saturated carbocycles. The number of aliphatic imine (C=N–C) groups is 1. The van der Waals surface area contributed by atoms with Crippen LogP contribution in [0.2, 0.25) is 0 Å². The van der Waals surface area contributed by atoms with Crippen molar-refractivity contribution in [3.63, 3.8) is 0 Å². The Morgan fingerprint density at radius 1 is 1.27 bits per heavy atom. The van der Waals surface area contributed by atoms with E-state index in [9.17, 15) is 5.11 Å². The Bertz CT molecular complexity index is 532. The van der Waals surface area contributed by atoms with Gasteiger partial charge >= 0.3 is 0 Å². The fraction of sp³-hybridized carbons (Fsp3) is 0.800. The van der Waals surface area contributed by atoms with Crippen LogP contribution in [-0.2, 0) is 6.42 Å². The third kappa shape index (κ3) is 7.23. The lowest BCUT2D eigenvalue weighted by molar-refractivity contribution is 0.137. The van der Waals surface area contributed by atoms with Crippen LogP contribution in [0.5, 0.6) is 0 Å². The molecule has 6 heteroatoms. The third-order valence-electron chi connectivity index (χ3n) is 5.25. The molecule has 3 N–H and O–H groups in total. The molecule has 1 fully saturated rings. The van der Waals surface area contributed by atoms with Crippen molar-refractivity contribution in [1.82, 2.24) is 15.6 Å². The Morgan fingerprint density at radius 2 is 2.08 bits per heavy atom. The summed E-state index contributed by atoms with van der Waals surface area (Å²) in [7, 11) is 0. The summed E-state index contributed by atoms with van der Waals surface area (Å²) in [6, 6.07) is 0. The van der Waals surface area contributed by atoms with Crippen molar-refractivity contribution in [2.24, 2.45) is 10.4 Å². The molecule has 5 nitrogen and oxygen atoms in total. The van der Waals surface area contributed by atoms with E-state index in [0.29, 0.717) is 0 Å². The van der Waals surface area contributed by atoms with E-state index in [-0.39, 0.29) is 12.0 Å². The van der Waals surface area contributed by atoms with Crippen LogP contribution in [-0.4, -0.2) is 42.3 Å². The van der Waals surface area contributed by atoms with Gasteiger partial charge in [0.15, 0.2) is 5.96 Å². The van der Waals surface area contributed by atoms with Crippen LogP contribution in [0.25, 0.3) is 0 Å². The zero-order valence-corrected chi connectivity index (χ0v) is 17.3. The molecular weight excluding hydrogens is 344 g/mol. The number of guanidine groups is 1. The predicted octanol–water partition coefficient (Wildman–Crippen LogP) is 3.66. The van der Waals surface area contributed by atoms with E-state index in [2.05, 4.69) is 34.8 Å². The Balaban J connectivity index is 1.76. The summed E-state index contributed by atoms with van der Waals surface area (Å²) in [6.07, 6.45) is 10.5. The molecule has 0 spiro atoms. The van der Waals surface area contributed by atoms with Gasteiger partial charge in [0.25, 0.3) is 0 Å². The minimum absolute atomic E-state index is 0.206. The molecule has 0 saturated heterocycles. The fourth-order valence-electron chi connectivity index (χ4n) is 3.74. The van der Waals surface area contributed by atoms with Crippen LogP contribution >= 0.6 is 11.3 Å². The minimum atomic E-state index is 0.206. The molecule has 0 unspecified atom stereocenters. The highest BCUT2D eigenvalue weighted by Gasteiger charge is 2.31. The van der Waals surface area contributed by atoms with Crippen LogP contribution in [0, 0.1) is 12.3 Å². The lowest BCUT2D eigenvalue weighted by Gasteiger charge is -2.35. The molecule has 0 radical (unpaired) electrons. The maximum atomic E-state index is 9.46. The summed E-state index contributed by atoms with van der Waals surface area (Å²) >= 11 is 1.76. The van der Waals surface area contributed by atoms with E-state index >= 15 is 0 Å². The van der Waals surface area contributed by atoms with Crippen LogP contribution in [0.4, 0.5) is 0 Å². The molecule has 0 amide bonds. The standard InChI is InChI=1S/C20H36N4OS/c1-3-21-19(22-13-8-5-9-18-24-17(2)15-26-18)23-16-20(12-14-25)10-6-4-7-11-20/h15,25H,3-14,16H2,1-2H3,(H2,21,22,23). The first-order valence-electron chi connectivity index (χ1n) is 10.2. The van der Waals surface area contributed by atoms with Gasteiger partial charge in [0.05, 0.1) is 5.01 Å². The van der Waals surface area contributed by atoms with Crippen molar-refractivity contribution < 1.29 is 5.11 Å². The number of aryl methyl sites for hydroxylation is 2. The van der Waals surface area contributed by atoms with E-state index in [0.717, 1.165) is 57.0 Å². The molecule has 0 atom stereocenters. The Labute approximate surface area is 162 Å². The monoisotopic (exact) mass is 380 g/mol. The first kappa shape index (κ1) is 21.2. The zero-order valence-electron chi connectivity index (χ0n) is 16.5. The van der Waals surface area contributed by atoms with Crippen molar-refractivity contribution in [2.45, 2.75) is 71.6 Å². The van der Waals surface area contributed by atoms with Gasteiger partial charge in [-0.15, -0.1) is 11.3 Å². The number of rotatable bonds is 10. The van der Waals surface area contributed by atoms with Gasteiger partial charge in [0.1, 0.15) is 0 Å². The number of aromatic nitrogens is 1. The highest BCUT2D eigenvalue weighted by atomic mass is 32.1. The topological polar surface area (TPSA) is 69.5 Å². The van der Waals surface area contributed by atoms with Crippen LogP contribution in [0.3, 0.4) is 0 Å². The van der Waals surface area contributed by atoms with Crippen molar-refractivity contribution in [3.05, 3.63) is 16.1 Å². The Kier molecular flexibility index (Phi) is 9.40. The highest BCUT2D eigenvalue weighted by Crippen LogP contribution is 2.39.